The van der Waals surface area contributed by atoms with Gasteiger partial charge in [-0.05, 0) is 50.9 Å². The third-order valence-corrected chi connectivity index (χ3v) is 4.28. The van der Waals surface area contributed by atoms with E-state index in [1.807, 2.05) is 6.26 Å². The molecule has 1 aliphatic heterocycles. The first-order chi connectivity index (χ1) is 9.33. The van der Waals surface area contributed by atoms with Gasteiger partial charge in [0.25, 0.3) is 0 Å². The summed E-state index contributed by atoms with van der Waals surface area (Å²) in [5.41, 5.74) is 1.36. The van der Waals surface area contributed by atoms with Crippen LogP contribution in [0.3, 0.4) is 0 Å². The van der Waals surface area contributed by atoms with E-state index in [2.05, 4.69) is 30.1 Å². The molecule has 2 heterocycles. The van der Waals surface area contributed by atoms with Gasteiger partial charge in [-0.25, -0.2) is 0 Å². The number of nitrogens with zero attached hydrogens (tertiary/aromatic N) is 1. The second kappa shape index (κ2) is 7.71. The van der Waals surface area contributed by atoms with Crippen molar-refractivity contribution in [2.45, 2.75) is 52.6 Å². The summed E-state index contributed by atoms with van der Waals surface area (Å²) < 4.78 is 5.59. The fourth-order valence-electron chi connectivity index (χ4n) is 2.93. The molecule has 3 heteroatoms. The molecule has 0 aromatic carbocycles. The lowest BCUT2D eigenvalue weighted by Crippen LogP contribution is -2.25. The molecule has 0 bridgehead atoms. The second-order valence-corrected chi connectivity index (χ2v) is 5.63. The Labute approximate surface area is 117 Å². The fourth-order valence-corrected chi connectivity index (χ4v) is 2.93. The first-order valence-corrected chi connectivity index (χ1v) is 7.81. The zero-order valence-corrected chi connectivity index (χ0v) is 12.5. The zero-order valence-electron chi connectivity index (χ0n) is 12.5. The Hall–Kier alpha value is -0.800. The average molecular weight is 264 g/mol. The number of rotatable bonds is 6. The van der Waals surface area contributed by atoms with Crippen molar-refractivity contribution in [2.24, 2.45) is 5.92 Å². The van der Waals surface area contributed by atoms with E-state index in [1.165, 1.54) is 44.3 Å². The topological polar surface area (TPSA) is 28.4 Å². The fraction of sp³-hybridized carbons (Fsp3) is 0.750. The Morgan fingerprint density at radius 3 is 3.00 bits per heavy atom. The predicted molar refractivity (Wildman–Crippen MR) is 79.0 cm³/mol. The molecule has 1 fully saturated rings. The van der Waals surface area contributed by atoms with Crippen molar-refractivity contribution < 1.29 is 4.42 Å². The van der Waals surface area contributed by atoms with Gasteiger partial charge in [0.2, 0.25) is 0 Å². The van der Waals surface area contributed by atoms with Crippen LogP contribution in [0.25, 0.3) is 0 Å². The summed E-state index contributed by atoms with van der Waals surface area (Å²) in [5.74, 6) is 2.05. The van der Waals surface area contributed by atoms with Gasteiger partial charge in [0.1, 0.15) is 5.76 Å². The van der Waals surface area contributed by atoms with Crippen molar-refractivity contribution in [3.63, 3.8) is 0 Å². The van der Waals surface area contributed by atoms with E-state index in [4.69, 9.17) is 4.42 Å². The highest BCUT2D eigenvalue weighted by Gasteiger charge is 2.17. The average Bonchev–Trinajstić information content (AvgIpc) is 2.73. The molecule has 1 aliphatic rings. The van der Waals surface area contributed by atoms with Crippen molar-refractivity contribution >= 4 is 0 Å². The molecule has 1 unspecified atom stereocenters. The van der Waals surface area contributed by atoms with Gasteiger partial charge in [0.05, 0.1) is 12.8 Å². The molecule has 19 heavy (non-hydrogen) atoms. The summed E-state index contributed by atoms with van der Waals surface area (Å²) in [6.07, 6.45) is 7.28. The first-order valence-electron chi connectivity index (χ1n) is 7.81. The van der Waals surface area contributed by atoms with Crippen molar-refractivity contribution in [1.29, 1.82) is 0 Å². The quantitative estimate of drug-likeness (QED) is 0.853. The highest BCUT2D eigenvalue weighted by molar-refractivity contribution is 5.16. The first kappa shape index (κ1) is 14.6. The van der Waals surface area contributed by atoms with Gasteiger partial charge in [0, 0.05) is 12.1 Å². The van der Waals surface area contributed by atoms with Crippen LogP contribution in [0.1, 0.15) is 50.9 Å². The van der Waals surface area contributed by atoms with Crippen molar-refractivity contribution in [3.05, 3.63) is 23.7 Å². The molecule has 0 radical (unpaired) electrons. The molecule has 0 spiro atoms. The number of nitrogens with one attached hydrogen (secondary N) is 1. The summed E-state index contributed by atoms with van der Waals surface area (Å²) in [4.78, 5) is 2.59. The Kier molecular flexibility index (Phi) is 5.93. The van der Waals surface area contributed by atoms with Gasteiger partial charge in [0.15, 0.2) is 0 Å². The van der Waals surface area contributed by atoms with E-state index in [1.54, 1.807) is 0 Å². The molecule has 1 aromatic heterocycles. The standard InChI is InChI=1S/C16H28N2O/c1-3-14-6-5-9-18(10-7-14)13-15-8-11-19-16(15)12-17-4-2/h8,11,14,17H,3-7,9-10,12-13H2,1-2H3. The Morgan fingerprint density at radius 2 is 2.21 bits per heavy atom. The van der Waals surface area contributed by atoms with Crippen LogP contribution in [-0.4, -0.2) is 24.5 Å². The summed E-state index contributed by atoms with van der Waals surface area (Å²) in [6, 6.07) is 2.13. The van der Waals surface area contributed by atoms with Crippen LogP contribution in [-0.2, 0) is 13.1 Å². The van der Waals surface area contributed by atoms with E-state index >= 15 is 0 Å². The van der Waals surface area contributed by atoms with Gasteiger partial charge in [-0.15, -0.1) is 0 Å². The summed E-state index contributed by atoms with van der Waals surface area (Å²) >= 11 is 0. The highest BCUT2D eigenvalue weighted by Crippen LogP contribution is 2.22. The zero-order chi connectivity index (χ0) is 13.5. The monoisotopic (exact) mass is 264 g/mol. The Bertz CT molecular complexity index is 361. The summed E-state index contributed by atoms with van der Waals surface area (Å²) in [5, 5.41) is 3.34. The van der Waals surface area contributed by atoms with Crippen LogP contribution in [0.4, 0.5) is 0 Å². The Morgan fingerprint density at radius 1 is 1.32 bits per heavy atom. The maximum atomic E-state index is 5.59. The minimum Gasteiger partial charge on any atom is -0.468 e. The lowest BCUT2D eigenvalue weighted by molar-refractivity contribution is 0.269. The minimum atomic E-state index is 0.851. The number of furan rings is 1. The lowest BCUT2D eigenvalue weighted by atomic mass is 9.98. The van der Waals surface area contributed by atoms with E-state index in [-0.39, 0.29) is 0 Å². The van der Waals surface area contributed by atoms with Gasteiger partial charge >= 0.3 is 0 Å². The molecule has 2 rings (SSSR count). The van der Waals surface area contributed by atoms with E-state index in [9.17, 15) is 0 Å². The second-order valence-electron chi connectivity index (χ2n) is 5.63. The third kappa shape index (κ3) is 4.36. The highest BCUT2D eigenvalue weighted by atomic mass is 16.3. The van der Waals surface area contributed by atoms with E-state index in [0.717, 1.165) is 31.3 Å². The molecular formula is C16H28N2O. The molecule has 1 atom stereocenters. The van der Waals surface area contributed by atoms with Crippen molar-refractivity contribution in [2.75, 3.05) is 19.6 Å². The van der Waals surface area contributed by atoms with Gasteiger partial charge in [-0.1, -0.05) is 20.3 Å². The molecule has 0 amide bonds. The minimum absolute atomic E-state index is 0.851. The van der Waals surface area contributed by atoms with Gasteiger partial charge in [-0.3, -0.25) is 4.90 Å². The third-order valence-electron chi connectivity index (χ3n) is 4.28. The molecule has 1 aromatic rings. The number of likely N-dealkylation sites (tertiary alicyclic amines) is 1. The molecular weight excluding hydrogens is 236 g/mol. The SMILES string of the molecule is CCNCc1occc1CN1CCCC(CC)CC1. The van der Waals surface area contributed by atoms with Gasteiger partial charge in [-0.2, -0.15) is 0 Å². The van der Waals surface area contributed by atoms with E-state index < -0.39 is 0 Å². The van der Waals surface area contributed by atoms with Crippen molar-refractivity contribution in [1.82, 2.24) is 10.2 Å². The maximum absolute atomic E-state index is 5.59. The number of hydrogen-bond acceptors (Lipinski definition) is 3. The van der Waals surface area contributed by atoms with Crippen molar-refractivity contribution in [3.8, 4) is 0 Å². The number of hydrogen-bond donors (Lipinski definition) is 1. The van der Waals surface area contributed by atoms with Crippen LogP contribution in [0.5, 0.6) is 0 Å². The molecule has 0 aliphatic carbocycles. The molecule has 1 N–H and O–H groups in total. The summed E-state index contributed by atoms with van der Waals surface area (Å²) in [6.45, 7) is 9.82. The predicted octanol–water partition coefficient (Wildman–Crippen LogP) is 3.40. The van der Waals surface area contributed by atoms with Gasteiger partial charge < -0.3 is 9.73 Å². The molecule has 108 valence electrons. The van der Waals surface area contributed by atoms with Crippen LogP contribution in [0, 0.1) is 5.92 Å². The van der Waals surface area contributed by atoms with Crippen LogP contribution < -0.4 is 5.32 Å². The smallest absolute Gasteiger partial charge is 0.122 e. The molecule has 1 saturated heterocycles. The summed E-state index contributed by atoms with van der Waals surface area (Å²) in [7, 11) is 0. The largest absolute Gasteiger partial charge is 0.468 e. The molecule has 0 saturated carbocycles. The van der Waals surface area contributed by atoms with E-state index in [0.29, 0.717) is 0 Å². The van der Waals surface area contributed by atoms with Crippen LogP contribution >= 0.6 is 0 Å². The normalized spacial score (nSPS) is 21.5. The maximum Gasteiger partial charge on any atom is 0.122 e. The van der Waals surface area contributed by atoms with Crippen LogP contribution in [0.2, 0.25) is 0 Å². The lowest BCUT2D eigenvalue weighted by Gasteiger charge is -2.20. The Balaban J connectivity index is 1.88. The molecule has 3 nitrogen and oxygen atoms in total. The van der Waals surface area contributed by atoms with Crippen LogP contribution in [0.15, 0.2) is 16.7 Å².